The van der Waals surface area contributed by atoms with Crippen LogP contribution in [0.5, 0.6) is 0 Å². The number of carbonyl (C=O) groups is 2. The summed E-state index contributed by atoms with van der Waals surface area (Å²) in [6.07, 6.45) is 9.98. The standard InChI is InChI=1S/C17H30N2O3/c1-2-22-17(21)19-12-8-9-14(13-19)16(20)18-15-10-6-4-3-5-7-11-15/h14-15H,2-13H2,1H3,(H,18,20). The zero-order chi connectivity index (χ0) is 15.8. The molecular formula is C17H30N2O3. The first kappa shape index (κ1) is 17.1. The molecule has 0 aromatic rings. The Labute approximate surface area is 133 Å². The highest BCUT2D eigenvalue weighted by molar-refractivity contribution is 5.80. The Morgan fingerprint density at radius 1 is 1.05 bits per heavy atom. The first-order valence-corrected chi connectivity index (χ1v) is 8.92. The number of piperidine rings is 1. The Kier molecular flexibility index (Phi) is 7.00. The second-order valence-electron chi connectivity index (χ2n) is 6.53. The van der Waals surface area contributed by atoms with Gasteiger partial charge in [-0.1, -0.05) is 32.1 Å². The Bertz CT molecular complexity index is 365. The normalized spacial score (nSPS) is 24.2. The molecule has 2 rings (SSSR count). The van der Waals surface area contributed by atoms with E-state index in [9.17, 15) is 9.59 Å². The quantitative estimate of drug-likeness (QED) is 0.871. The molecule has 22 heavy (non-hydrogen) atoms. The van der Waals surface area contributed by atoms with Crippen LogP contribution in [0.25, 0.3) is 0 Å². The van der Waals surface area contributed by atoms with Crippen molar-refractivity contribution in [1.82, 2.24) is 10.2 Å². The summed E-state index contributed by atoms with van der Waals surface area (Å²) >= 11 is 0. The largest absolute Gasteiger partial charge is 0.450 e. The number of ether oxygens (including phenoxy) is 1. The smallest absolute Gasteiger partial charge is 0.409 e. The van der Waals surface area contributed by atoms with Crippen molar-refractivity contribution >= 4 is 12.0 Å². The lowest BCUT2D eigenvalue weighted by Crippen LogP contribution is -2.47. The van der Waals surface area contributed by atoms with E-state index in [-0.39, 0.29) is 17.9 Å². The molecule has 1 N–H and O–H groups in total. The van der Waals surface area contributed by atoms with Crippen molar-refractivity contribution in [1.29, 1.82) is 0 Å². The molecule has 0 bridgehead atoms. The zero-order valence-corrected chi connectivity index (χ0v) is 13.8. The molecule has 1 saturated heterocycles. The molecule has 2 aliphatic rings. The van der Waals surface area contributed by atoms with E-state index in [0.717, 1.165) is 25.7 Å². The van der Waals surface area contributed by atoms with Crippen molar-refractivity contribution in [2.24, 2.45) is 5.92 Å². The number of hydrogen-bond acceptors (Lipinski definition) is 3. The van der Waals surface area contributed by atoms with Gasteiger partial charge in [-0.2, -0.15) is 0 Å². The zero-order valence-electron chi connectivity index (χ0n) is 13.8. The van der Waals surface area contributed by atoms with Gasteiger partial charge in [-0.3, -0.25) is 4.79 Å². The molecule has 126 valence electrons. The average molecular weight is 310 g/mol. The van der Waals surface area contributed by atoms with Crippen LogP contribution >= 0.6 is 0 Å². The Morgan fingerprint density at radius 2 is 1.73 bits per heavy atom. The van der Waals surface area contributed by atoms with Crippen LogP contribution in [0.4, 0.5) is 4.79 Å². The van der Waals surface area contributed by atoms with E-state index >= 15 is 0 Å². The summed E-state index contributed by atoms with van der Waals surface area (Å²) in [5, 5.41) is 3.23. The van der Waals surface area contributed by atoms with Gasteiger partial charge < -0.3 is 15.0 Å². The van der Waals surface area contributed by atoms with E-state index in [1.165, 1.54) is 32.1 Å². The number of nitrogens with one attached hydrogen (secondary N) is 1. The lowest BCUT2D eigenvalue weighted by atomic mass is 9.94. The molecule has 0 aromatic carbocycles. The summed E-state index contributed by atoms with van der Waals surface area (Å²) < 4.78 is 5.05. The number of carbonyl (C=O) groups excluding carboxylic acids is 2. The SMILES string of the molecule is CCOC(=O)N1CCCC(C(=O)NC2CCCCCCC2)C1. The van der Waals surface area contributed by atoms with Gasteiger partial charge in [0.15, 0.2) is 0 Å². The summed E-state index contributed by atoms with van der Waals surface area (Å²) in [6, 6.07) is 0.325. The molecule has 1 atom stereocenters. The topological polar surface area (TPSA) is 58.6 Å². The fourth-order valence-electron chi connectivity index (χ4n) is 3.49. The van der Waals surface area contributed by atoms with Gasteiger partial charge in [0, 0.05) is 19.1 Å². The molecule has 1 unspecified atom stereocenters. The molecule has 1 saturated carbocycles. The third-order valence-corrected chi connectivity index (χ3v) is 4.77. The van der Waals surface area contributed by atoms with Crippen LogP contribution in [0.1, 0.15) is 64.7 Å². The van der Waals surface area contributed by atoms with Crippen molar-refractivity contribution in [3.05, 3.63) is 0 Å². The third-order valence-electron chi connectivity index (χ3n) is 4.77. The first-order valence-electron chi connectivity index (χ1n) is 8.92. The third kappa shape index (κ3) is 5.18. The molecular weight excluding hydrogens is 280 g/mol. The van der Waals surface area contributed by atoms with E-state index in [0.29, 0.717) is 25.7 Å². The van der Waals surface area contributed by atoms with Gasteiger partial charge in [0.2, 0.25) is 5.91 Å². The summed E-state index contributed by atoms with van der Waals surface area (Å²) in [5.41, 5.74) is 0. The van der Waals surface area contributed by atoms with Gasteiger partial charge in [-0.15, -0.1) is 0 Å². The lowest BCUT2D eigenvalue weighted by Gasteiger charge is -2.32. The van der Waals surface area contributed by atoms with Gasteiger partial charge >= 0.3 is 6.09 Å². The fraction of sp³-hybridized carbons (Fsp3) is 0.882. The predicted molar refractivity (Wildman–Crippen MR) is 85.6 cm³/mol. The van der Waals surface area contributed by atoms with Crippen molar-refractivity contribution in [3.63, 3.8) is 0 Å². The minimum absolute atomic E-state index is 0.0800. The molecule has 1 aliphatic carbocycles. The molecule has 1 heterocycles. The van der Waals surface area contributed by atoms with Crippen LogP contribution in [-0.4, -0.2) is 42.6 Å². The van der Waals surface area contributed by atoms with Crippen molar-refractivity contribution in [2.75, 3.05) is 19.7 Å². The van der Waals surface area contributed by atoms with Gasteiger partial charge in [0.1, 0.15) is 0 Å². The number of rotatable bonds is 3. The van der Waals surface area contributed by atoms with Crippen molar-refractivity contribution in [2.45, 2.75) is 70.8 Å². The molecule has 1 aliphatic heterocycles. The van der Waals surface area contributed by atoms with Crippen molar-refractivity contribution < 1.29 is 14.3 Å². The van der Waals surface area contributed by atoms with E-state index < -0.39 is 0 Å². The fourth-order valence-corrected chi connectivity index (χ4v) is 3.49. The molecule has 2 fully saturated rings. The van der Waals surface area contributed by atoms with E-state index in [1.54, 1.807) is 11.8 Å². The number of amides is 2. The van der Waals surface area contributed by atoms with E-state index in [2.05, 4.69) is 5.32 Å². The molecule has 0 spiro atoms. The highest BCUT2D eigenvalue weighted by atomic mass is 16.6. The van der Waals surface area contributed by atoms with Crippen LogP contribution in [0.2, 0.25) is 0 Å². The first-order chi connectivity index (χ1) is 10.7. The Hall–Kier alpha value is -1.26. The van der Waals surface area contributed by atoms with Crippen molar-refractivity contribution in [3.8, 4) is 0 Å². The maximum Gasteiger partial charge on any atom is 0.409 e. The summed E-state index contributed by atoms with van der Waals surface area (Å²) in [7, 11) is 0. The monoisotopic (exact) mass is 310 g/mol. The lowest BCUT2D eigenvalue weighted by molar-refractivity contribution is -0.127. The molecule has 0 radical (unpaired) electrons. The summed E-state index contributed by atoms with van der Waals surface area (Å²) in [6.45, 7) is 3.39. The van der Waals surface area contributed by atoms with Gasteiger partial charge in [0.05, 0.1) is 12.5 Å². The highest BCUT2D eigenvalue weighted by Gasteiger charge is 2.30. The number of likely N-dealkylation sites (tertiary alicyclic amines) is 1. The average Bonchev–Trinajstić information content (AvgIpc) is 2.50. The molecule has 2 amide bonds. The molecule has 5 heteroatoms. The second-order valence-corrected chi connectivity index (χ2v) is 6.53. The van der Waals surface area contributed by atoms with E-state index in [1.807, 2.05) is 0 Å². The Balaban J connectivity index is 1.81. The van der Waals surface area contributed by atoms with Gasteiger partial charge in [-0.25, -0.2) is 4.79 Å². The van der Waals surface area contributed by atoms with Gasteiger partial charge in [-0.05, 0) is 32.6 Å². The number of hydrogen-bond donors (Lipinski definition) is 1. The maximum atomic E-state index is 12.5. The van der Waals surface area contributed by atoms with Crippen LogP contribution in [-0.2, 0) is 9.53 Å². The predicted octanol–water partition coefficient (Wildman–Crippen LogP) is 3.08. The Morgan fingerprint density at radius 3 is 2.41 bits per heavy atom. The minimum Gasteiger partial charge on any atom is -0.450 e. The number of nitrogens with zero attached hydrogens (tertiary/aromatic N) is 1. The highest BCUT2D eigenvalue weighted by Crippen LogP contribution is 2.20. The minimum atomic E-state index is -0.286. The molecule has 0 aromatic heterocycles. The van der Waals surface area contributed by atoms with E-state index in [4.69, 9.17) is 4.74 Å². The van der Waals surface area contributed by atoms with Crippen LogP contribution in [0.3, 0.4) is 0 Å². The maximum absolute atomic E-state index is 12.5. The summed E-state index contributed by atoms with van der Waals surface area (Å²) in [4.78, 5) is 26.0. The summed E-state index contributed by atoms with van der Waals surface area (Å²) in [5.74, 6) is 0.0446. The molecule has 5 nitrogen and oxygen atoms in total. The van der Waals surface area contributed by atoms with Crippen LogP contribution in [0.15, 0.2) is 0 Å². The second kappa shape index (κ2) is 9.01. The van der Waals surface area contributed by atoms with Crippen LogP contribution in [0, 0.1) is 5.92 Å². The van der Waals surface area contributed by atoms with Gasteiger partial charge in [0.25, 0.3) is 0 Å². The van der Waals surface area contributed by atoms with Crippen LogP contribution < -0.4 is 5.32 Å².